The predicted octanol–water partition coefficient (Wildman–Crippen LogP) is 4.98. The van der Waals surface area contributed by atoms with Gasteiger partial charge >= 0.3 is 0 Å². The number of anilines is 2. The standard InChI is InChI=1S/C29H33N3O3/c1-5-32(25-12-7-6-8-13-25)26(33)19-22-14-16-24(17-15-22)30-29(35)27(20(2)3)31-28(34)23-11-9-10-21(4)18-23/h6-18,20,27H,5,19H2,1-4H3,(H,30,35)(H,31,34). The molecule has 0 aromatic heterocycles. The molecule has 0 aliphatic heterocycles. The Bertz CT molecular complexity index is 1160. The molecule has 6 nitrogen and oxygen atoms in total. The summed E-state index contributed by atoms with van der Waals surface area (Å²) >= 11 is 0. The molecule has 35 heavy (non-hydrogen) atoms. The zero-order valence-corrected chi connectivity index (χ0v) is 20.7. The molecule has 0 radical (unpaired) electrons. The van der Waals surface area contributed by atoms with E-state index < -0.39 is 6.04 Å². The summed E-state index contributed by atoms with van der Waals surface area (Å²) in [6.07, 6.45) is 0.262. The number of carbonyl (C=O) groups excluding carboxylic acids is 3. The van der Waals surface area contributed by atoms with Crippen LogP contribution >= 0.6 is 0 Å². The fourth-order valence-electron chi connectivity index (χ4n) is 3.85. The Morgan fingerprint density at radius 1 is 0.886 bits per heavy atom. The first-order chi connectivity index (χ1) is 16.8. The minimum absolute atomic E-state index is 0.00854. The van der Waals surface area contributed by atoms with Gasteiger partial charge in [-0.3, -0.25) is 14.4 Å². The van der Waals surface area contributed by atoms with E-state index >= 15 is 0 Å². The number of nitrogens with zero attached hydrogens (tertiary/aromatic N) is 1. The number of nitrogens with one attached hydrogen (secondary N) is 2. The molecule has 3 amide bonds. The number of hydrogen-bond acceptors (Lipinski definition) is 3. The molecule has 182 valence electrons. The second-order valence-electron chi connectivity index (χ2n) is 8.90. The Morgan fingerprint density at radius 3 is 2.17 bits per heavy atom. The molecule has 0 bridgehead atoms. The second kappa shape index (κ2) is 12.0. The zero-order valence-electron chi connectivity index (χ0n) is 20.7. The Balaban J connectivity index is 1.62. The molecule has 3 rings (SSSR count). The molecule has 0 heterocycles. The van der Waals surface area contributed by atoms with Gasteiger partial charge in [0.2, 0.25) is 11.8 Å². The average Bonchev–Trinajstić information content (AvgIpc) is 2.84. The summed E-state index contributed by atoms with van der Waals surface area (Å²) in [4.78, 5) is 40.2. The molecule has 1 atom stereocenters. The minimum atomic E-state index is -0.687. The van der Waals surface area contributed by atoms with Crippen molar-refractivity contribution < 1.29 is 14.4 Å². The maximum atomic E-state index is 12.9. The maximum absolute atomic E-state index is 12.9. The molecule has 0 spiro atoms. The van der Waals surface area contributed by atoms with Crippen LogP contribution < -0.4 is 15.5 Å². The monoisotopic (exact) mass is 471 g/mol. The van der Waals surface area contributed by atoms with Crippen molar-refractivity contribution in [3.05, 3.63) is 95.6 Å². The number of benzene rings is 3. The summed E-state index contributed by atoms with van der Waals surface area (Å²) in [7, 11) is 0. The van der Waals surface area contributed by atoms with Gasteiger partial charge in [0.25, 0.3) is 5.91 Å². The van der Waals surface area contributed by atoms with Gasteiger partial charge in [0.1, 0.15) is 6.04 Å². The summed E-state index contributed by atoms with van der Waals surface area (Å²) < 4.78 is 0. The van der Waals surface area contributed by atoms with Gasteiger partial charge in [-0.1, -0.05) is 61.9 Å². The third kappa shape index (κ3) is 7.03. The average molecular weight is 472 g/mol. The number of para-hydroxylation sites is 1. The Kier molecular flexibility index (Phi) is 8.79. The number of likely N-dealkylation sites (N-methyl/N-ethyl adjacent to an activating group) is 1. The smallest absolute Gasteiger partial charge is 0.251 e. The molecular weight excluding hydrogens is 438 g/mol. The zero-order chi connectivity index (χ0) is 25.4. The highest BCUT2D eigenvalue weighted by molar-refractivity contribution is 6.01. The summed E-state index contributed by atoms with van der Waals surface area (Å²) in [5, 5.41) is 5.73. The summed E-state index contributed by atoms with van der Waals surface area (Å²) in [5.41, 5.74) is 3.84. The van der Waals surface area contributed by atoms with Crippen LogP contribution in [0, 0.1) is 12.8 Å². The van der Waals surface area contributed by atoms with Crippen LogP contribution in [0.25, 0.3) is 0 Å². The van der Waals surface area contributed by atoms with Crippen molar-refractivity contribution in [2.45, 2.75) is 40.2 Å². The first kappa shape index (κ1) is 25.7. The second-order valence-corrected chi connectivity index (χ2v) is 8.90. The molecular formula is C29H33N3O3. The largest absolute Gasteiger partial charge is 0.340 e. The Hall–Kier alpha value is -3.93. The van der Waals surface area contributed by atoms with Gasteiger partial charge in [0.05, 0.1) is 6.42 Å². The van der Waals surface area contributed by atoms with Crippen molar-refractivity contribution in [2.75, 3.05) is 16.8 Å². The molecule has 0 fully saturated rings. The van der Waals surface area contributed by atoms with E-state index in [-0.39, 0.29) is 30.1 Å². The van der Waals surface area contributed by atoms with Gasteiger partial charge in [0.15, 0.2) is 0 Å². The minimum Gasteiger partial charge on any atom is -0.340 e. The van der Waals surface area contributed by atoms with Crippen LogP contribution in [0.4, 0.5) is 11.4 Å². The first-order valence-corrected chi connectivity index (χ1v) is 11.9. The number of rotatable bonds is 9. The SMILES string of the molecule is CCN(C(=O)Cc1ccc(NC(=O)C(NC(=O)c2cccc(C)c2)C(C)C)cc1)c1ccccc1. The molecule has 0 aliphatic carbocycles. The van der Waals surface area contributed by atoms with Crippen molar-refractivity contribution >= 4 is 29.1 Å². The predicted molar refractivity (Wildman–Crippen MR) is 141 cm³/mol. The van der Waals surface area contributed by atoms with E-state index in [2.05, 4.69) is 10.6 Å². The molecule has 1 unspecified atom stereocenters. The highest BCUT2D eigenvalue weighted by atomic mass is 16.2. The normalized spacial score (nSPS) is 11.6. The number of carbonyl (C=O) groups is 3. The summed E-state index contributed by atoms with van der Waals surface area (Å²) in [6.45, 7) is 8.24. The molecule has 0 aliphatic rings. The lowest BCUT2D eigenvalue weighted by molar-refractivity contribution is -0.119. The van der Waals surface area contributed by atoms with Crippen molar-refractivity contribution in [3.8, 4) is 0 Å². The third-order valence-corrected chi connectivity index (χ3v) is 5.78. The van der Waals surface area contributed by atoms with Crippen molar-refractivity contribution in [1.82, 2.24) is 5.32 Å². The fraction of sp³-hybridized carbons (Fsp3) is 0.276. The lowest BCUT2D eigenvalue weighted by Crippen LogP contribution is -2.47. The van der Waals surface area contributed by atoms with E-state index in [4.69, 9.17) is 0 Å². The molecule has 3 aromatic rings. The quantitative estimate of drug-likeness (QED) is 0.462. The van der Waals surface area contributed by atoms with Gasteiger partial charge in [0, 0.05) is 23.5 Å². The van der Waals surface area contributed by atoms with Gasteiger partial charge in [-0.25, -0.2) is 0 Å². The van der Waals surface area contributed by atoms with Crippen LogP contribution in [0.5, 0.6) is 0 Å². The Morgan fingerprint density at radius 2 is 1.57 bits per heavy atom. The Labute approximate surface area is 207 Å². The molecule has 0 saturated carbocycles. The van der Waals surface area contributed by atoms with Gasteiger partial charge in [-0.15, -0.1) is 0 Å². The topological polar surface area (TPSA) is 78.5 Å². The lowest BCUT2D eigenvalue weighted by atomic mass is 10.0. The molecule has 2 N–H and O–H groups in total. The van der Waals surface area contributed by atoms with Crippen molar-refractivity contribution in [2.24, 2.45) is 5.92 Å². The number of hydrogen-bond donors (Lipinski definition) is 2. The van der Waals surface area contributed by atoms with Crippen LogP contribution in [0.15, 0.2) is 78.9 Å². The molecule has 6 heteroatoms. The van der Waals surface area contributed by atoms with E-state index in [0.29, 0.717) is 17.8 Å². The van der Waals surface area contributed by atoms with E-state index in [0.717, 1.165) is 16.8 Å². The van der Waals surface area contributed by atoms with Gasteiger partial charge in [-0.05, 0) is 61.7 Å². The first-order valence-electron chi connectivity index (χ1n) is 11.9. The highest BCUT2D eigenvalue weighted by Crippen LogP contribution is 2.17. The van der Waals surface area contributed by atoms with Crippen LogP contribution in [-0.2, 0) is 16.0 Å². The number of aryl methyl sites for hydroxylation is 1. The maximum Gasteiger partial charge on any atom is 0.251 e. The van der Waals surface area contributed by atoms with E-state index in [1.54, 1.807) is 29.2 Å². The van der Waals surface area contributed by atoms with Crippen molar-refractivity contribution in [3.63, 3.8) is 0 Å². The van der Waals surface area contributed by atoms with Crippen LogP contribution in [-0.4, -0.2) is 30.3 Å². The van der Waals surface area contributed by atoms with Crippen molar-refractivity contribution in [1.29, 1.82) is 0 Å². The van der Waals surface area contributed by atoms with Gasteiger partial charge < -0.3 is 15.5 Å². The van der Waals surface area contributed by atoms with Crippen LogP contribution in [0.2, 0.25) is 0 Å². The third-order valence-electron chi connectivity index (χ3n) is 5.78. The molecule has 0 saturated heterocycles. The van der Waals surface area contributed by atoms with E-state index in [1.807, 2.05) is 82.3 Å². The van der Waals surface area contributed by atoms with Gasteiger partial charge in [-0.2, -0.15) is 0 Å². The van der Waals surface area contributed by atoms with Crippen LogP contribution in [0.1, 0.15) is 42.3 Å². The summed E-state index contributed by atoms with van der Waals surface area (Å²) in [6, 6.07) is 23.4. The lowest BCUT2D eigenvalue weighted by Gasteiger charge is -2.22. The molecule has 3 aromatic carbocycles. The number of amides is 3. The summed E-state index contributed by atoms with van der Waals surface area (Å²) in [5.74, 6) is -0.658. The van der Waals surface area contributed by atoms with E-state index in [9.17, 15) is 14.4 Å². The highest BCUT2D eigenvalue weighted by Gasteiger charge is 2.25. The van der Waals surface area contributed by atoms with E-state index in [1.165, 1.54) is 0 Å². The fourth-order valence-corrected chi connectivity index (χ4v) is 3.85. The van der Waals surface area contributed by atoms with Crippen LogP contribution in [0.3, 0.4) is 0 Å².